The van der Waals surface area contributed by atoms with E-state index in [1.165, 1.54) is 109 Å². The maximum Gasteiger partial charge on any atom is 0.333 e. The molecule has 0 amide bonds. The van der Waals surface area contributed by atoms with Crippen LogP contribution in [0.3, 0.4) is 0 Å². The number of rotatable bonds is 43. The van der Waals surface area contributed by atoms with Crippen molar-refractivity contribution in [2.45, 2.75) is 212 Å². The molecule has 0 aliphatic carbocycles. The third kappa shape index (κ3) is 42.3. The van der Waals surface area contributed by atoms with Gasteiger partial charge in [-0.2, -0.15) is 0 Å². The van der Waals surface area contributed by atoms with Gasteiger partial charge in [-0.3, -0.25) is 22.9 Å². The van der Waals surface area contributed by atoms with Gasteiger partial charge < -0.3 is 23.4 Å². The molecule has 0 rings (SSSR count). The fraction of sp³-hybridized carbons (Fsp3) is 0.955. The number of alkyl halides is 2. The summed E-state index contributed by atoms with van der Waals surface area (Å²) in [7, 11) is 1.89. The molecular weight excluding hydrogens is 723 g/mol. The predicted octanol–water partition coefficient (Wildman–Crippen LogP) is 12.8. The number of carbonyl (C=O) groups excluding carboxylic acids is 2. The van der Waals surface area contributed by atoms with Gasteiger partial charge in [-0.25, -0.2) is 0 Å². The molecule has 0 aromatic carbocycles. The average Bonchev–Trinajstić information content (AvgIpc) is 3.14. The number of ether oxygens (including phenoxy) is 2. The van der Waals surface area contributed by atoms with Crippen molar-refractivity contribution in [3.63, 3.8) is 0 Å². The molecule has 0 aliphatic heterocycles. The topological polar surface area (TPSA) is 99.1 Å². The van der Waals surface area contributed by atoms with E-state index in [0.717, 1.165) is 64.2 Å². The monoisotopic (exact) mass is 811 g/mol. The lowest BCUT2D eigenvalue weighted by molar-refractivity contribution is -0.867. The summed E-state index contributed by atoms with van der Waals surface area (Å²) in [6, 6.07) is 0. The van der Waals surface area contributed by atoms with Crippen LogP contribution >= 0.6 is 7.60 Å². The molecule has 0 spiro atoms. The minimum absolute atomic E-state index is 0.0230. The summed E-state index contributed by atoms with van der Waals surface area (Å²) in [6.07, 6.45) is 33.4. The molecule has 0 fully saturated rings. The van der Waals surface area contributed by atoms with E-state index >= 15 is 0 Å². The number of quaternary nitrogens is 1. The molecule has 11 heteroatoms. The standard InChI is InChI=1S/C44H86F2NO7P/c1-47(2,3)38-39-55(50,51)53-41-42(54-44(49)35-31-27-23-19-15-11-7-5-9-13-17-21-25-29-33-37-46)40-52-43(48)34-30-26-22-18-14-10-6-4-8-12-16-20-24-28-32-36-45/h42H,4-41H2,1-3H3/p+1. The normalized spacial score (nSPS) is 13.5. The van der Waals surface area contributed by atoms with Crippen LogP contribution in [0.15, 0.2) is 0 Å². The SMILES string of the molecule is C[N+](C)(C)CCP(=O)(O)OCC(COC(=O)CCCCCCCCCCCCCCCCCF)OC(=O)CCCCCCCCCCCCCCCCCF. The van der Waals surface area contributed by atoms with Crippen molar-refractivity contribution in [1.82, 2.24) is 0 Å². The first-order valence-corrected chi connectivity index (χ1v) is 24.5. The fourth-order valence-corrected chi connectivity index (χ4v) is 8.01. The van der Waals surface area contributed by atoms with Crippen LogP contribution in [-0.2, 0) is 28.2 Å². The van der Waals surface area contributed by atoms with E-state index in [9.17, 15) is 27.8 Å². The van der Waals surface area contributed by atoms with Crippen LogP contribution in [0.5, 0.6) is 0 Å². The summed E-state index contributed by atoms with van der Waals surface area (Å²) in [4.78, 5) is 35.5. The Morgan fingerprint density at radius 2 is 0.818 bits per heavy atom. The lowest BCUT2D eigenvalue weighted by Crippen LogP contribution is -2.37. The van der Waals surface area contributed by atoms with Crippen LogP contribution in [0.4, 0.5) is 8.78 Å². The first kappa shape index (κ1) is 53.9. The maximum absolute atomic E-state index is 12.7. The Hall–Kier alpha value is -1.09. The van der Waals surface area contributed by atoms with Gasteiger partial charge in [0.15, 0.2) is 6.10 Å². The summed E-state index contributed by atoms with van der Waals surface area (Å²) in [5.74, 6) is -0.769. The third-order valence-electron chi connectivity index (χ3n) is 10.3. The molecule has 2 atom stereocenters. The molecule has 0 saturated heterocycles. The lowest BCUT2D eigenvalue weighted by atomic mass is 10.0. The van der Waals surface area contributed by atoms with Gasteiger partial charge in [0.1, 0.15) is 6.61 Å². The molecule has 0 aliphatic rings. The summed E-state index contributed by atoms with van der Waals surface area (Å²) < 4.78 is 53.8. The van der Waals surface area contributed by atoms with E-state index in [1.54, 1.807) is 0 Å². The fourth-order valence-electron chi connectivity index (χ4n) is 6.63. The van der Waals surface area contributed by atoms with Gasteiger partial charge in [0.25, 0.3) is 0 Å². The number of esters is 2. The zero-order chi connectivity index (χ0) is 40.7. The zero-order valence-electron chi connectivity index (χ0n) is 36.0. The van der Waals surface area contributed by atoms with Crippen LogP contribution < -0.4 is 0 Å². The van der Waals surface area contributed by atoms with Gasteiger partial charge in [0.05, 0.1) is 53.8 Å². The number of unbranched alkanes of at least 4 members (excludes halogenated alkanes) is 28. The van der Waals surface area contributed by atoms with E-state index in [-0.39, 0.29) is 45.1 Å². The highest BCUT2D eigenvalue weighted by molar-refractivity contribution is 7.52. The van der Waals surface area contributed by atoms with Crippen molar-refractivity contribution in [2.75, 3.05) is 60.4 Å². The second kappa shape index (κ2) is 38.4. The molecule has 0 saturated carbocycles. The summed E-state index contributed by atoms with van der Waals surface area (Å²) in [5, 5.41) is 0. The second-order valence-corrected chi connectivity index (χ2v) is 18.9. The predicted molar refractivity (Wildman–Crippen MR) is 224 cm³/mol. The average molecular weight is 811 g/mol. The number of hydrogen-bond donors (Lipinski definition) is 1. The smallest absolute Gasteiger partial charge is 0.333 e. The molecule has 0 aromatic rings. The van der Waals surface area contributed by atoms with Crippen molar-refractivity contribution in [3.8, 4) is 0 Å². The minimum Gasteiger partial charge on any atom is -0.462 e. The summed E-state index contributed by atoms with van der Waals surface area (Å²) in [5.41, 5.74) is 0. The molecule has 0 aromatic heterocycles. The highest BCUT2D eigenvalue weighted by atomic mass is 31.2. The van der Waals surface area contributed by atoms with E-state index in [0.29, 0.717) is 36.7 Å². The molecule has 0 heterocycles. The van der Waals surface area contributed by atoms with Crippen molar-refractivity contribution < 1.29 is 46.3 Å². The number of halogens is 2. The third-order valence-corrected chi connectivity index (χ3v) is 11.6. The Kier molecular flexibility index (Phi) is 37.7. The Morgan fingerprint density at radius 1 is 0.509 bits per heavy atom. The quantitative estimate of drug-likeness (QED) is 0.0283. The van der Waals surface area contributed by atoms with Crippen LogP contribution in [0.2, 0.25) is 0 Å². The Labute approximate surface area is 337 Å². The molecular formula is C44H87F2NO7P+. The van der Waals surface area contributed by atoms with Gasteiger partial charge in [-0.15, -0.1) is 0 Å². The molecule has 8 nitrogen and oxygen atoms in total. The van der Waals surface area contributed by atoms with Crippen LogP contribution in [0, 0.1) is 0 Å². The van der Waals surface area contributed by atoms with Crippen molar-refractivity contribution >= 4 is 19.5 Å². The van der Waals surface area contributed by atoms with Crippen LogP contribution in [-0.4, -0.2) is 87.8 Å². The molecule has 55 heavy (non-hydrogen) atoms. The first-order chi connectivity index (χ1) is 26.5. The van der Waals surface area contributed by atoms with E-state index < -0.39 is 19.7 Å². The number of carbonyl (C=O) groups is 2. The number of nitrogens with zero attached hydrogens (tertiary/aromatic N) is 1. The van der Waals surface area contributed by atoms with E-state index in [1.807, 2.05) is 21.1 Å². The molecule has 1 N–H and O–H groups in total. The zero-order valence-corrected chi connectivity index (χ0v) is 36.9. The molecule has 0 radical (unpaired) electrons. The molecule has 0 bridgehead atoms. The maximum atomic E-state index is 12.7. The number of hydrogen-bond acceptors (Lipinski definition) is 6. The molecule has 2 unspecified atom stereocenters. The Balaban J connectivity index is 4.22. The molecule has 328 valence electrons. The van der Waals surface area contributed by atoms with E-state index in [2.05, 4.69) is 0 Å². The van der Waals surface area contributed by atoms with E-state index in [4.69, 9.17) is 14.0 Å². The largest absolute Gasteiger partial charge is 0.462 e. The van der Waals surface area contributed by atoms with Crippen molar-refractivity contribution in [3.05, 3.63) is 0 Å². The van der Waals surface area contributed by atoms with Crippen molar-refractivity contribution in [1.29, 1.82) is 0 Å². The van der Waals surface area contributed by atoms with Crippen LogP contribution in [0.25, 0.3) is 0 Å². The highest BCUT2D eigenvalue weighted by Gasteiger charge is 2.27. The van der Waals surface area contributed by atoms with Gasteiger partial charge in [-0.1, -0.05) is 167 Å². The van der Waals surface area contributed by atoms with Crippen molar-refractivity contribution in [2.24, 2.45) is 0 Å². The van der Waals surface area contributed by atoms with Gasteiger partial charge in [0, 0.05) is 12.8 Å². The summed E-state index contributed by atoms with van der Waals surface area (Å²) in [6.45, 7) is -0.418. The van der Waals surface area contributed by atoms with Crippen LogP contribution in [0.1, 0.15) is 205 Å². The van der Waals surface area contributed by atoms with Gasteiger partial charge in [-0.05, 0) is 25.7 Å². The lowest BCUT2D eigenvalue weighted by Gasteiger charge is -2.25. The minimum atomic E-state index is -3.90. The van der Waals surface area contributed by atoms with Gasteiger partial charge in [0.2, 0.25) is 0 Å². The second-order valence-electron chi connectivity index (χ2n) is 17.0. The highest BCUT2D eigenvalue weighted by Crippen LogP contribution is 2.42. The summed E-state index contributed by atoms with van der Waals surface area (Å²) >= 11 is 0. The Bertz CT molecular complexity index is 921. The van der Waals surface area contributed by atoms with Gasteiger partial charge >= 0.3 is 19.5 Å². The first-order valence-electron chi connectivity index (χ1n) is 22.7. The Morgan fingerprint density at radius 3 is 1.15 bits per heavy atom.